The summed E-state index contributed by atoms with van der Waals surface area (Å²) in [5.41, 5.74) is 2.01. The lowest BCUT2D eigenvalue weighted by Crippen LogP contribution is -2.17. The molecule has 0 aliphatic carbocycles. The lowest BCUT2D eigenvalue weighted by atomic mass is 9.79. The number of aromatic hydroxyl groups is 2. The van der Waals surface area contributed by atoms with Crippen LogP contribution >= 0.6 is 23.2 Å². The number of hydrogen-bond acceptors (Lipinski definition) is 8. The molecular weight excluding hydrogens is 483 g/mol. The fraction of sp³-hybridized carbons (Fsp3) is 0.0435. The molecule has 1 aromatic heterocycles. The minimum absolute atomic E-state index is 0.0123. The standard InChI is InChI=1S/C23H14Cl2N4O5/c24-20-21(25)27-29-28-22(20)26-15-7-11(31)9-17-19(15)18(12-3-1-2-4-13(12)23(32)33)14-6-5-10(30)8-16(14)34-17/h1-9,18,30-31H,(H,32,33)(H,26,27,28). The normalized spacial score (nSPS) is 14.0. The number of ether oxygens (including phenoxy) is 1. The van der Waals surface area contributed by atoms with E-state index in [1.165, 1.54) is 30.3 Å². The van der Waals surface area contributed by atoms with Gasteiger partial charge in [0.2, 0.25) is 0 Å². The minimum atomic E-state index is -1.10. The Morgan fingerprint density at radius 3 is 2.50 bits per heavy atom. The molecule has 1 aliphatic heterocycles. The number of benzene rings is 3. The van der Waals surface area contributed by atoms with E-state index in [2.05, 4.69) is 20.7 Å². The van der Waals surface area contributed by atoms with Crippen molar-refractivity contribution >= 4 is 40.7 Å². The number of aromatic nitrogens is 3. The van der Waals surface area contributed by atoms with Crippen LogP contribution in [0.25, 0.3) is 0 Å². The predicted molar refractivity (Wildman–Crippen MR) is 124 cm³/mol. The number of fused-ring (bicyclic) bond motifs is 2. The Hall–Kier alpha value is -4.08. The first-order valence-corrected chi connectivity index (χ1v) is 10.6. The molecule has 2 heterocycles. The van der Waals surface area contributed by atoms with E-state index < -0.39 is 11.9 Å². The Kier molecular flexibility index (Phi) is 5.35. The second-order valence-corrected chi connectivity index (χ2v) is 8.16. The lowest BCUT2D eigenvalue weighted by molar-refractivity contribution is 0.0695. The van der Waals surface area contributed by atoms with E-state index in [0.717, 1.165) is 0 Å². The summed E-state index contributed by atoms with van der Waals surface area (Å²) in [5, 5.41) is 44.2. The maximum Gasteiger partial charge on any atom is 0.335 e. The van der Waals surface area contributed by atoms with Crippen molar-refractivity contribution < 1.29 is 24.9 Å². The molecule has 1 aliphatic rings. The number of aromatic carboxylic acids is 1. The van der Waals surface area contributed by atoms with Crippen LogP contribution in [0.15, 0.2) is 54.6 Å². The summed E-state index contributed by atoms with van der Waals surface area (Å²) in [6.07, 6.45) is 0. The van der Waals surface area contributed by atoms with Crippen LogP contribution in [-0.4, -0.2) is 36.7 Å². The molecule has 1 unspecified atom stereocenters. The lowest BCUT2D eigenvalue weighted by Gasteiger charge is -2.31. The summed E-state index contributed by atoms with van der Waals surface area (Å²) in [7, 11) is 0. The number of anilines is 2. The molecule has 0 amide bonds. The second kappa shape index (κ2) is 8.36. The number of nitrogens with zero attached hydrogens (tertiary/aromatic N) is 3. The molecule has 11 heteroatoms. The molecule has 1 atom stereocenters. The Balaban J connectivity index is 1.78. The summed E-state index contributed by atoms with van der Waals surface area (Å²) in [6.45, 7) is 0. The van der Waals surface area contributed by atoms with E-state index in [9.17, 15) is 20.1 Å². The van der Waals surface area contributed by atoms with Gasteiger partial charge in [0.25, 0.3) is 0 Å². The summed E-state index contributed by atoms with van der Waals surface area (Å²) in [4.78, 5) is 12.1. The third-order valence-corrected chi connectivity index (χ3v) is 6.08. The molecule has 9 nitrogen and oxygen atoms in total. The zero-order valence-electron chi connectivity index (χ0n) is 17.0. The molecule has 0 saturated carbocycles. The third-order valence-electron chi connectivity index (χ3n) is 5.37. The van der Waals surface area contributed by atoms with Crippen molar-refractivity contribution in [3.05, 3.63) is 87.0 Å². The van der Waals surface area contributed by atoms with Crippen LogP contribution in [0.2, 0.25) is 10.2 Å². The highest BCUT2D eigenvalue weighted by Crippen LogP contribution is 2.53. The number of phenols is 2. The maximum atomic E-state index is 12.1. The average Bonchev–Trinajstić information content (AvgIpc) is 2.80. The molecule has 4 aromatic rings. The molecule has 0 radical (unpaired) electrons. The number of carboxylic acid groups (broad SMARTS) is 1. The molecule has 170 valence electrons. The number of hydrogen-bond donors (Lipinski definition) is 4. The van der Waals surface area contributed by atoms with E-state index in [1.54, 1.807) is 24.3 Å². The number of carbonyl (C=O) groups is 1. The van der Waals surface area contributed by atoms with Crippen LogP contribution in [0.5, 0.6) is 23.0 Å². The first-order chi connectivity index (χ1) is 16.3. The predicted octanol–water partition coefficient (Wildman–Crippen LogP) is 5.32. The van der Waals surface area contributed by atoms with Crippen molar-refractivity contribution in [2.24, 2.45) is 0 Å². The first-order valence-electron chi connectivity index (χ1n) is 9.84. The van der Waals surface area contributed by atoms with Crippen LogP contribution in [0, 0.1) is 0 Å². The Bertz CT molecular complexity index is 1460. The van der Waals surface area contributed by atoms with Gasteiger partial charge < -0.3 is 25.4 Å². The van der Waals surface area contributed by atoms with Crippen molar-refractivity contribution in [2.75, 3.05) is 5.32 Å². The highest BCUT2D eigenvalue weighted by atomic mass is 35.5. The average molecular weight is 497 g/mol. The number of nitrogens with one attached hydrogen (secondary N) is 1. The number of phenolic OH excluding ortho intramolecular Hbond substituents is 2. The van der Waals surface area contributed by atoms with Crippen LogP contribution in [0.1, 0.15) is 33.0 Å². The van der Waals surface area contributed by atoms with E-state index >= 15 is 0 Å². The zero-order valence-corrected chi connectivity index (χ0v) is 18.5. The van der Waals surface area contributed by atoms with Crippen molar-refractivity contribution in [1.82, 2.24) is 15.4 Å². The highest BCUT2D eigenvalue weighted by molar-refractivity contribution is 6.42. The van der Waals surface area contributed by atoms with Crippen molar-refractivity contribution in [1.29, 1.82) is 0 Å². The van der Waals surface area contributed by atoms with Crippen LogP contribution < -0.4 is 10.1 Å². The maximum absolute atomic E-state index is 12.1. The highest BCUT2D eigenvalue weighted by Gasteiger charge is 2.34. The molecule has 3 aromatic carbocycles. The van der Waals surface area contributed by atoms with Crippen LogP contribution in [0.3, 0.4) is 0 Å². The van der Waals surface area contributed by atoms with Gasteiger partial charge in [0.05, 0.1) is 11.3 Å². The summed E-state index contributed by atoms with van der Waals surface area (Å²) < 4.78 is 6.01. The summed E-state index contributed by atoms with van der Waals surface area (Å²) in [6, 6.07) is 14.0. The first kappa shape index (κ1) is 21.7. The Morgan fingerprint density at radius 1 is 0.941 bits per heavy atom. The van der Waals surface area contributed by atoms with Gasteiger partial charge in [0, 0.05) is 35.2 Å². The SMILES string of the molecule is O=C(O)c1ccccc1C1c2ccc(O)cc2Oc2cc(O)cc(Nc3nnnc(Cl)c3Cl)c21. The van der Waals surface area contributed by atoms with Crippen LogP contribution in [-0.2, 0) is 0 Å². The molecular formula is C23H14Cl2N4O5. The topological polar surface area (TPSA) is 138 Å². The van der Waals surface area contributed by atoms with E-state index in [-0.39, 0.29) is 38.8 Å². The van der Waals surface area contributed by atoms with Crippen molar-refractivity contribution in [2.45, 2.75) is 5.92 Å². The van der Waals surface area contributed by atoms with Gasteiger partial charge >= 0.3 is 5.97 Å². The summed E-state index contributed by atoms with van der Waals surface area (Å²) in [5.74, 6) is -1.28. The molecule has 4 N–H and O–H groups in total. The molecule has 0 bridgehead atoms. The van der Waals surface area contributed by atoms with Crippen LogP contribution in [0.4, 0.5) is 11.5 Å². The van der Waals surface area contributed by atoms with Gasteiger partial charge in [0.1, 0.15) is 28.0 Å². The summed E-state index contributed by atoms with van der Waals surface area (Å²) >= 11 is 12.2. The molecule has 0 fully saturated rings. The third kappa shape index (κ3) is 3.70. The van der Waals surface area contributed by atoms with Crippen molar-refractivity contribution in [3.8, 4) is 23.0 Å². The van der Waals surface area contributed by atoms with Gasteiger partial charge in [0.15, 0.2) is 11.0 Å². The molecule has 0 saturated heterocycles. The van der Waals surface area contributed by atoms with E-state index in [1.807, 2.05) is 0 Å². The van der Waals surface area contributed by atoms with Gasteiger partial charge in [-0.15, -0.1) is 10.2 Å². The Labute approximate surface area is 202 Å². The zero-order chi connectivity index (χ0) is 24.0. The number of halogens is 2. The monoisotopic (exact) mass is 496 g/mol. The second-order valence-electron chi connectivity index (χ2n) is 7.42. The quantitative estimate of drug-likeness (QED) is 0.260. The van der Waals surface area contributed by atoms with E-state index in [0.29, 0.717) is 28.1 Å². The van der Waals surface area contributed by atoms with Gasteiger partial charge in [-0.1, -0.05) is 47.5 Å². The number of rotatable bonds is 4. The fourth-order valence-corrected chi connectivity index (χ4v) is 4.23. The number of carboxylic acids is 1. The fourth-order valence-electron chi connectivity index (χ4n) is 3.99. The van der Waals surface area contributed by atoms with E-state index in [4.69, 9.17) is 27.9 Å². The smallest absolute Gasteiger partial charge is 0.335 e. The molecule has 0 spiro atoms. The van der Waals surface area contributed by atoms with Gasteiger partial charge in [-0.25, -0.2) is 4.79 Å². The Morgan fingerprint density at radius 2 is 1.71 bits per heavy atom. The van der Waals surface area contributed by atoms with Gasteiger partial charge in [-0.3, -0.25) is 0 Å². The van der Waals surface area contributed by atoms with Gasteiger partial charge in [-0.2, -0.15) is 0 Å². The largest absolute Gasteiger partial charge is 0.508 e. The minimum Gasteiger partial charge on any atom is -0.508 e. The molecule has 5 rings (SSSR count). The van der Waals surface area contributed by atoms with Crippen molar-refractivity contribution in [3.63, 3.8) is 0 Å². The molecule has 34 heavy (non-hydrogen) atoms. The van der Waals surface area contributed by atoms with Gasteiger partial charge in [-0.05, 0) is 22.9 Å².